The van der Waals surface area contributed by atoms with Crippen LogP contribution in [0.1, 0.15) is 19.3 Å². The maximum absolute atomic E-state index is 9.83. The summed E-state index contributed by atoms with van der Waals surface area (Å²) in [6, 6.07) is 7.76. The molecular formula is C15H24ClNO4. The molecule has 2 rings (SSSR count). The SMILES string of the molecule is Cl.O[C@@H]1COCCCCOc2ccccc2NCC[C@@H]1O. The van der Waals surface area contributed by atoms with Gasteiger partial charge in [0.25, 0.3) is 0 Å². The first-order valence-electron chi connectivity index (χ1n) is 7.17. The topological polar surface area (TPSA) is 71.0 Å². The van der Waals surface area contributed by atoms with Crippen LogP contribution in [-0.2, 0) is 4.74 Å². The Hall–Kier alpha value is -1.01. The van der Waals surface area contributed by atoms with Crippen LogP contribution in [0.3, 0.4) is 0 Å². The van der Waals surface area contributed by atoms with Gasteiger partial charge in [-0.2, -0.15) is 0 Å². The monoisotopic (exact) mass is 317 g/mol. The lowest BCUT2D eigenvalue weighted by Crippen LogP contribution is -2.32. The van der Waals surface area contributed by atoms with Gasteiger partial charge < -0.3 is 25.0 Å². The minimum atomic E-state index is -0.828. The summed E-state index contributed by atoms with van der Waals surface area (Å²) in [5.74, 6) is 0.820. The standard InChI is InChI=1S/C15H23NO4.ClH/c17-13-7-8-16-12-5-1-2-6-15(12)20-10-4-3-9-19-11-14(13)18;/h1-2,5-6,13-14,16-18H,3-4,7-11H2;1H/t13-,14+;/m0./s1. The molecule has 0 spiro atoms. The van der Waals surface area contributed by atoms with E-state index < -0.39 is 12.2 Å². The Labute approximate surface area is 131 Å². The molecule has 3 N–H and O–H groups in total. The second-order valence-electron chi connectivity index (χ2n) is 4.98. The van der Waals surface area contributed by atoms with Crippen molar-refractivity contribution in [3.8, 4) is 5.75 Å². The Morgan fingerprint density at radius 3 is 2.67 bits per heavy atom. The number of para-hydroxylation sites is 2. The van der Waals surface area contributed by atoms with Crippen LogP contribution < -0.4 is 10.1 Å². The van der Waals surface area contributed by atoms with Gasteiger partial charge in [0, 0.05) is 13.2 Å². The third-order valence-electron chi connectivity index (χ3n) is 3.32. The summed E-state index contributed by atoms with van der Waals surface area (Å²) in [6.45, 7) is 1.97. The van der Waals surface area contributed by atoms with Crippen molar-refractivity contribution >= 4 is 18.1 Å². The molecule has 0 amide bonds. The maximum Gasteiger partial charge on any atom is 0.142 e. The zero-order chi connectivity index (χ0) is 14.2. The van der Waals surface area contributed by atoms with Crippen molar-refractivity contribution in [3.05, 3.63) is 24.3 Å². The highest BCUT2D eigenvalue weighted by Crippen LogP contribution is 2.24. The lowest BCUT2D eigenvalue weighted by Gasteiger charge is -2.20. The molecule has 5 nitrogen and oxygen atoms in total. The first-order valence-corrected chi connectivity index (χ1v) is 7.17. The van der Waals surface area contributed by atoms with Crippen LogP contribution in [-0.4, -0.2) is 48.8 Å². The number of aliphatic hydroxyl groups is 2. The van der Waals surface area contributed by atoms with E-state index in [-0.39, 0.29) is 19.0 Å². The van der Waals surface area contributed by atoms with Gasteiger partial charge in [0.1, 0.15) is 11.9 Å². The van der Waals surface area contributed by atoms with E-state index in [2.05, 4.69) is 5.32 Å². The molecule has 0 saturated carbocycles. The summed E-state index contributed by atoms with van der Waals surface area (Å²) < 4.78 is 11.1. The highest BCUT2D eigenvalue weighted by molar-refractivity contribution is 5.85. The number of anilines is 1. The Kier molecular flexibility index (Phi) is 8.45. The zero-order valence-corrected chi connectivity index (χ0v) is 12.8. The van der Waals surface area contributed by atoms with Gasteiger partial charge >= 0.3 is 0 Å². The van der Waals surface area contributed by atoms with Gasteiger partial charge in [0.2, 0.25) is 0 Å². The van der Waals surface area contributed by atoms with Crippen LogP contribution in [0.25, 0.3) is 0 Å². The number of ether oxygens (including phenoxy) is 2. The molecule has 0 unspecified atom stereocenters. The zero-order valence-electron chi connectivity index (χ0n) is 12.0. The number of nitrogens with one attached hydrogen (secondary N) is 1. The second kappa shape index (κ2) is 9.84. The van der Waals surface area contributed by atoms with E-state index in [9.17, 15) is 10.2 Å². The highest BCUT2D eigenvalue weighted by Gasteiger charge is 2.16. The molecule has 0 saturated heterocycles. The Balaban J connectivity index is 0.00000220. The number of hydrogen-bond donors (Lipinski definition) is 3. The fourth-order valence-corrected chi connectivity index (χ4v) is 2.09. The van der Waals surface area contributed by atoms with E-state index in [1.54, 1.807) is 0 Å². The van der Waals surface area contributed by atoms with Crippen molar-refractivity contribution in [2.45, 2.75) is 31.5 Å². The summed E-state index contributed by atoms with van der Waals surface area (Å²) in [6.07, 6.45) is 0.620. The van der Waals surface area contributed by atoms with Gasteiger partial charge in [-0.1, -0.05) is 12.1 Å². The van der Waals surface area contributed by atoms with Crippen molar-refractivity contribution < 1.29 is 19.7 Å². The van der Waals surface area contributed by atoms with Crippen molar-refractivity contribution in [2.75, 3.05) is 31.7 Å². The van der Waals surface area contributed by atoms with E-state index in [1.165, 1.54) is 0 Å². The minimum Gasteiger partial charge on any atom is -0.491 e. The van der Waals surface area contributed by atoms with Crippen molar-refractivity contribution in [2.24, 2.45) is 0 Å². The number of hydrogen-bond acceptors (Lipinski definition) is 5. The molecule has 1 aliphatic rings. The Morgan fingerprint density at radius 2 is 1.81 bits per heavy atom. The van der Waals surface area contributed by atoms with Crippen LogP contribution >= 0.6 is 12.4 Å². The van der Waals surface area contributed by atoms with Gasteiger partial charge in [-0.3, -0.25) is 0 Å². The van der Waals surface area contributed by atoms with E-state index in [0.717, 1.165) is 24.3 Å². The van der Waals surface area contributed by atoms with E-state index in [0.29, 0.717) is 26.2 Å². The second-order valence-corrected chi connectivity index (χ2v) is 4.98. The lowest BCUT2D eigenvalue weighted by atomic mass is 10.1. The van der Waals surface area contributed by atoms with Gasteiger partial charge in [-0.05, 0) is 31.4 Å². The van der Waals surface area contributed by atoms with E-state index in [4.69, 9.17) is 9.47 Å². The van der Waals surface area contributed by atoms with Crippen LogP contribution in [0.2, 0.25) is 0 Å². The molecule has 0 radical (unpaired) electrons. The number of rotatable bonds is 0. The molecule has 1 aromatic rings. The normalized spacial score (nSPS) is 24.5. The van der Waals surface area contributed by atoms with Gasteiger partial charge in [-0.25, -0.2) is 0 Å². The quantitative estimate of drug-likeness (QED) is 0.681. The highest BCUT2D eigenvalue weighted by atomic mass is 35.5. The number of halogens is 1. The van der Waals surface area contributed by atoms with Gasteiger partial charge in [0.15, 0.2) is 0 Å². The molecule has 1 aliphatic heterocycles. The molecule has 120 valence electrons. The predicted octanol–water partition coefficient (Wildman–Crippen LogP) is 1.82. The van der Waals surface area contributed by atoms with Crippen molar-refractivity contribution in [1.82, 2.24) is 0 Å². The van der Waals surface area contributed by atoms with Crippen molar-refractivity contribution in [3.63, 3.8) is 0 Å². The third-order valence-corrected chi connectivity index (χ3v) is 3.32. The van der Waals surface area contributed by atoms with E-state index in [1.807, 2.05) is 24.3 Å². The van der Waals surface area contributed by atoms with E-state index >= 15 is 0 Å². The summed E-state index contributed by atoms with van der Waals surface area (Å²) in [7, 11) is 0. The molecule has 0 bridgehead atoms. The van der Waals surface area contributed by atoms with Gasteiger partial charge in [0.05, 0.1) is 25.0 Å². The van der Waals surface area contributed by atoms with Crippen LogP contribution in [0.5, 0.6) is 5.75 Å². The molecule has 2 atom stereocenters. The average molecular weight is 318 g/mol. The Bertz CT molecular complexity index is 405. The molecule has 0 fully saturated rings. The number of benzene rings is 1. The summed E-state index contributed by atoms with van der Waals surface area (Å²) in [5.41, 5.74) is 0.919. The first kappa shape index (κ1) is 18.0. The van der Waals surface area contributed by atoms with Crippen LogP contribution in [0, 0.1) is 0 Å². The van der Waals surface area contributed by atoms with Crippen LogP contribution in [0.4, 0.5) is 5.69 Å². The fourth-order valence-electron chi connectivity index (χ4n) is 2.09. The molecule has 0 aliphatic carbocycles. The molecule has 21 heavy (non-hydrogen) atoms. The Morgan fingerprint density at radius 1 is 1.05 bits per heavy atom. The number of fused-ring (bicyclic) bond motifs is 1. The summed E-state index contributed by atoms with van der Waals surface area (Å²) in [4.78, 5) is 0. The molecular weight excluding hydrogens is 294 g/mol. The minimum absolute atomic E-state index is 0. The molecule has 1 aromatic carbocycles. The fraction of sp³-hybridized carbons (Fsp3) is 0.600. The first-order chi connectivity index (χ1) is 9.77. The largest absolute Gasteiger partial charge is 0.491 e. The van der Waals surface area contributed by atoms with Crippen molar-refractivity contribution in [1.29, 1.82) is 0 Å². The lowest BCUT2D eigenvalue weighted by molar-refractivity contribution is -0.0400. The third kappa shape index (κ3) is 6.09. The summed E-state index contributed by atoms with van der Waals surface area (Å²) >= 11 is 0. The number of aliphatic hydroxyl groups excluding tert-OH is 2. The maximum atomic E-state index is 9.83. The molecule has 6 heteroatoms. The molecule has 0 aromatic heterocycles. The average Bonchev–Trinajstić information content (AvgIpc) is 2.46. The van der Waals surface area contributed by atoms with Gasteiger partial charge in [-0.15, -0.1) is 12.4 Å². The predicted molar refractivity (Wildman–Crippen MR) is 84.4 cm³/mol. The molecule has 1 heterocycles. The smallest absolute Gasteiger partial charge is 0.142 e. The van der Waals surface area contributed by atoms with Crippen LogP contribution in [0.15, 0.2) is 24.3 Å². The summed E-state index contributed by atoms with van der Waals surface area (Å²) in [5, 5.41) is 22.8.